The molecule has 1 saturated carbocycles. The first kappa shape index (κ1) is 14.3. The van der Waals surface area contributed by atoms with E-state index in [4.69, 9.17) is 5.11 Å². The summed E-state index contributed by atoms with van der Waals surface area (Å²) in [6, 6.07) is 0.533. The number of aliphatic hydroxyl groups is 1. The minimum atomic E-state index is -0.0870. The SMILES string of the molecule is O=C1N(C2CCCC2)CCC[C@]12CCN(CCCO)C2. The molecule has 3 rings (SSSR count). The summed E-state index contributed by atoms with van der Waals surface area (Å²) in [5.74, 6) is 0.446. The van der Waals surface area contributed by atoms with E-state index < -0.39 is 0 Å². The van der Waals surface area contributed by atoms with E-state index in [2.05, 4.69) is 9.80 Å². The van der Waals surface area contributed by atoms with E-state index in [1.54, 1.807) is 0 Å². The monoisotopic (exact) mass is 280 g/mol. The highest BCUT2D eigenvalue weighted by Crippen LogP contribution is 2.42. The number of amides is 1. The highest BCUT2D eigenvalue weighted by Gasteiger charge is 2.49. The molecular formula is C16H28N2O2. The predicted octanol–water partition coefficient (Wildman–Crippen LogP) is 1.63. The molecule has 0 aromatic carbocycles. The largest absolute Gasteiger partial charge is 0.396 e. The molecule has 0 bridgehead atoms. The summed E-state index contributed by atoms with van der Waals surface area (Å²) >= 11 is 0. The van der Waals surface area contributed by atoms with Gasteiger partial charge in [-0.3, -0.25) is 4.79 Å². The van der Waals surface area contributed by atoms with Crippen LogP contribution in [0.1, 0.15) is 51.4 Å². The van der Waals surface area contributed by atoms with Gasteiger partial charge >= 0.3 is 0 Å². The standard InChI is InChI=1S/C16H28N2O2/c19-12-4-9-17-11-8-16(13-17)7-3-10-18(15(16)20)14-5-1-2-6-14/h14,19H,1-13H2/t16-/m1/s1. The number of carbonyl (C=O) groups is 1. The zero-order valence-electron chi connectivity index (χ0n) is 12.5. The molecular weight excluding hydrogens is 252 g/mol. The molecule has 0 aromatic rings. The van der Waals surface area contributed by atoms with Gasteiger partial charge in [0.2, 0.25) is 5.91 Å². The van der Waals surface area contributed by atoms with Crippen molar-refractivity contribution in [1.82, 2.24) is 9.80 Å². The normalized spacial score (nSPS) is 32.6. The van der Waals surface area contributed by atoms with Crippen molar-refractivity contribution in [2.24, 2.45) is 5.41 Å². The molecule has 3 fully saturated rings. The smallest absolute Gasteiger partial charge is 0.230 e. The van der Waals surface area contributed by atoms with Gasteiger partial charge in [-0.2, -0.15) is 0 Å². The highest BCUT2D eigenvalue weighted by atomic mass is 16.3. The molecule has 1 aliphatic carbocycles. The summed E-state index contributed by atoms with van der Waals surface area (Å²) in [6.07, 6.45) is 9.14. The second-order valence-corrected chi connectivity index (χ2v) is 6.92. The lowest BCUT2D eigenvalue weighted by atomic mass is 9.77. The Kier molecular flexibility index (Phi) is 4.32. The molecule has 1 amide bonds. The van der Waals surface area contributed by atoms with Crippen LogP contribution in [0.2, 0.25) is 0 Å². The van der Waals surface area contributed by atoms with Crippen molar-refractivity contribution in [3.63, 3.8) is 0 Å². The van der Waals surface area contributed by atoms with E-state index >= 15 is 0 Å². The number of likely N-dealkylation sites (tertiary alicyclic amines) is 2. The lowest BCUT2D eigenvalue weighted by molar-refractivity contribution is -0.148. The van der Waals surface area contributed by atoms with Crippen LogP contribution in [0.15, 0.2) is 0 Å². The van der Waals surface area contributed by atoms with Crippen LogP contribution in [-0.2, 0) is 4.79 Å². The molecule has 0 unspecified atom stereocenters. The van der Waals surface area contributed by atoms with E-state index in [1.165, 1.54) is 32.1 Å². The van der Waals surface area contributed by atoms with E-state index in [1.807, 2.05) is 0 Å². The van der Waals surface area contributed by atoms with E-state index in [0.717, 1.165) is 45.4 Å². The van der Waals surface area contributed by atoms with Gasteiger partial charge in [-0.15, -0.1) is 0 Å². The lowest BCUT2D eigenvalue weighted by Gasteiger charge is -2.42. The van der Waals surface area contributed by atoms with Gasteiger partial charge in [-0.1, -0.05) is 12.8 Å². The maximum atomic E-state index is 13.0. The summed E-state index contributed by atoms with van der Waals surface area (Å²) in [6.45, 7) is 4.14. The molecule has 2 aliphatic heterocycles. The van der Waals surface area contributed by atoms with Crippen LogP contribution in [0.25, 0.3) is 0 Å². The molecule has 114 valence electrons. The fraction of sp³-hybridized carbons (Fsp3) is 0.938. The molecule has 2 saturated heterocycles. The zero-order chi connectivity index (χ0) is 14.0. The van der Waals surface area contributed by atoms with Crippen molar-refractivity contribution in [2.45, 2.75) is 57.4 Å². The Hall–Kier alpha value is -0.610. The Morgan fingerprint density at radius 1 is 1.15 bits per heavy atom. The number of hydrogen-bond donors (Lipinski definition) is 1. The van der Waals surface area contributed by atoms with Crippen molar-refractivity contribution in [1.29, 1.82) is 0 Å². The first-order chi connectivity index (χ1) is 9.75. The van der Waals surface area contributed by atoms with Crippen LogP contribution in [0, 0.1) is 5.41 Å². The molecule has 0 aromatic heterocycles. The first-order valence-electron chi connectivity index (χ1n) is 8.39. The second-order valence-electron chi connectivity index (χ2n) is 6.92. The van der Waals surface area contributed by atoms with Gasteiger partial charge in [0.25, 0.3) is 0 Å². The van der Waals surface area contributed by atoms with Crippen molar-refractivity contribution in [3.05, 3.63) is 0 Å². The van der Waals surface area contributed by atoms with Crippen LogP contribution < -0.4 is 0 Å². The Balaban J connectivity index is 1.65. The maximum Gasteiger partial charge on any atom is 0.230 e. The van der Waals surface area contributed by atoms with Gasteiger partial charge in [0.05, 0.1) is 5.41 Å². The Morgan fingerprint density at radius 3 is 2.70 bits per heavy atom. The minimum Gasteiger partial charge on any atom is -0.396 e. The molecule has 4 nitrogen and oxygen atoms in total. The topological polar surface area (TPSA) is 43.8 Å². The van der Waals surface area contributed by atoms with Crippen molar-refractivity contribution in [3.8, 4) is 0 Å². The average Bonchev–Trinajstić information content (AvgIpc) is 3.11. The van der Waals surface area contributed by atoms with Crippen molar-refractivity contribution >= 4 is 5.91 Å². The van der Waals surface area contributed by atoms with Gasteiger partial charge in [0, 0.05) is 32.3 Å². The average molecular weight is 280 g/mol. The fourth-order valence-corrected chi connectivity index (χ4v) is 4.49. The fourth-order valence-electron chi connectivity index (χ4n) is 4.49. The Labute approximate surface area is 122 Å². The zero-order valence-corrected chi connectivity index (χ0v) is 12.5. The van der Waals surface area contributed by atoms with Gasteiger partial charge in [0.1, 0.15) is 0 Å². The summed E-state index contributed by atoms with van der Waals surface area (Å²) in [7, 11) is 0. The number of rotatable bonds is 4. The maximum absolute atomic E-state index is 13.0. The molecule has 4 heteroatoms. The lowest BCUT2D eigenvalue weighted by Crippen LogP contribution is -2.53. The van der Waals surface area contributed by atoms with Gasteiger partial charge < -0.3 is 14.9 Å². The molecule has 1 atom stereocenters. The molecule has 2 heterocycles. The molecule has 1 spiro atoms. The second kappa shape index (κ2) is 6.02. The Bertz CT molecular complexity index is 354. The number of piperidine rings is 1. The van der Waals surface area contributed by atoms with Crippen LogP contribution in [0.4, 0.5) is 0 Å². The van der Waals surface area contributed by atoms with E-state index in [9.17, 15) is 4.79 Å². The van der Waals surface area contributed by atoms with Crippen LogP contribution >= 0.6 is 0 Å². The van der Waals surface area contributed by atoms with Crippen LogP contribution in [0.3, 0.4) is 0 Å². The number of nitrogens with zero attached hydrogens (tertiary/aromatic N) is 2. The van der Waals surface area contributed by atoms with E-state index in [0.29, 0.717) is 11.9 Å². The Morgan fingerprint density at radius 2 is 1.95 bits per heavy atom. The predicted molar refractivity (Wildman–Crippen MR) is 78.4 cm³/mol. The molecule has 20 heavy (non-hydrogen) atoms. The minimum absolute atomic E-state index is 0.0870. The van der Waals surface area contributed by atoms with Gasteiger partial charge in [-0.05, 0) is 45.1 Å². The summed E-state index contributed by atoms with van der Waals surface area (Å²) in [4.78, 5) is 17.6. The van der Waals surface area contributed by atoms with Crippen LogP contribution in [-0.4, -0.2) is 59.6 Å². The third-order valence-electron chi connectivity index (χ3n) is 5.60. The van der Waals surface area contributed by atoms with Crippen molar-refractivity contribution in [2.75, 3.05) is 32.8 Å². The van der Waals surface area contributed by atoms with E-state index in [-0.39, 0.29) is 12.0 Å². The summed E-state index contributed by atoms with van der Waals surface area (Å²) < 4.78 is 0. The molecule has 3 aliphatic rings. The third-order valence-corrected chi connectivity index (χ3v) is 5.60. The quantitative estimate of drug-likeness (QED) is 0.851. The molecule has 1 N–H and O–H groups in total. The summed E-state index contributed by atoms with van der Waals surface area (Å²) in [5.41, 5.74) is -0.0870. The number of carbonyl (C=O) groups excluding carboxylic acids is 1. The highest BCUT2D eigenvalue weighted by molar-refractivity contribution is 5.84. The third kappa shape index (κ3) is 2.60. The van der Waals surface area contributed by atoms with Gasteiger partial charge in [0.15, 0.2) is 0 Å². The van der Waals surface area contributed by atoms with Crippen LogP contribution in [0.5, 0.6) is 0 Å². The summed E-state index contributed by atoms with van der Waals surface area (Å²) in [5, 5.41) is 8.96. The first-order valence-corrected chi connectivity index (χ1v) is 8.39. The van der Waals surface area contributed by atoms with Gasteiger partial charge in [-0.25, -0.2) is 0 Å². The number of aliphatic hydroxyl groups excluding tert-OH is 1. The van der Waals surface area contributed by atoms with Crippen molar-refractivity contribution < 1.29 is 9.90 Å². The number of hydrogen-bond acceptors (Lipinski definition) is 3. The molecule has 0 radical (unpaired) electrons.